The third-order valence-electron chi connectivity index (χ3n) is 4.85. The molecule has 0 aliphatic rings. The zero-order valence-electron chi connectivity index (χ0n) is 16.5. The number of ether oxygens (including phenoxy) is 1. The van der Waals surface area contributed by atoms with Gasteiger partial charge in [-0.05, 0) is 30.9 Å². The van der Waals surface area contributed by atoms with E-state index in [2.05, 4.69) is 10.1 Å². The van der Waals surface area contributed by atoms with Crippen LogP contribution < -0.4 is 11.1 Å². The Bertz CT molecular complexity index is 1000. The number of pyridine rings is 1. The number of carbonyl (C=O) groups is 2. The topological polar surface area (TPSA) is 94.3 Å². The van der Waals surface area contributed by atoms with Gasteiger partial charge in [0.2, 0.25) is 5.91 Å². The molecule has 6 heteroatoms. The van der Waals surface area contributed by atoms with Gasteiger partial charge in [-0.15, -0.1) is 0 Å². The average Bonchev–Trinajstić information content (AvgIpc) is 2.75. The van der Waals surface area contributed by atoms with Gasteiger partial charge in [-0.1, -0.05) is 55.0 Å². The van der Waals surface area contributed by atoms with Gasteiger partial charge in [0.1, 0.15) is 0 Å². The fourth-order valence-electron chi connectivity index (χ4n) is 3.48. The summed E-state index contributed by atoms with van der Waals surface area (Å²) < 4.78 is 4.56. The van der Waals surface area contributed by atoms with Gasteiger partial charge in [0.05, 0.1) is 23.9 Å². The van der Waals surface area contributed by atoms with Gasteiger partial charge in [0.25, 0.3) is 0 Å². The van der Waals surface area contributed by atoms with Crippen molar-refractivity contribution in [1.29, 1.82) is 0 Å². The van der Waals surface area contributed by atoms with Crippen molar-refractivity contribution < 1.29 is 14.3 Å². The Kier molecular flexibility index (Phi) is 6.79. The zero-order valence-corrected chi connectivity index (χ0v) is 16.5. The monoisotopic (exact) mass is 391 g/mol. The second-order valence-corrected chi connectivity index (χ2v) is 6.79. The second kappa shape index (κ2) is 9.68. The number of unbranched alkanes of at least 4 members (excludes halogenated alkanes) is 2. The van der Waals surface area contributed by atoms with Crippen LogP contribution in [-0.4, -0.2) is 30.6 Å². The summed E-state index contributed by atoms with van der Waals surface area (Å²) in [5.41, 5.74) is 9.74. The summed E-state index contributed by atoms with van der Waals surface area (Å²) in [7, 11) is 1.35. The maximum Gasteiger partial charge on any atom is 0.406 e. The quantitative estimate of drug-likeness (QED) is 0.566. The van der Waals surface area contributed by atoms with E-state index in [-0.39, 0.29) is 0 Å². The molecule has 2 aromatic carbocycles. The molecular formula is C23H25N3O3. The predicted molar refractivity (Wildman–Crippen MR) is 114 cm³/mol. The number of alkyl carbamates (subject to hydrolysis) is 1. The first kappa shape index (κ1) is 20.3. The van der Waals surface area contributed by atoms with Crippen molar-refractivity contribution in [3.05, 3.63) is 65.7 Å². The molecule has 1 aromatic heterocycles. The number of nitrogens with zero attached hydrogens (tertiary/aromatic N) is 1. The summed E-state index contributed by atoms with van der Waals surface area (Å²) in [5, 5.41) is 3.45. The summed E-state index contributed by atoms with van der Waals surface area (Å²) in [5.74, 6) is -0.442. The molecule has 1 heterocycles. The van der Waals surface area contributed by atoms with E-state index in [1.807, 2.05) is 54.6 Å². The van der Waals surface area contributed by atoms with Crippen LogP contribution in [-0.2, 0) is 11.2 Å². The number of para-hydroxylation sites is 1. The third-order valence-corrected chi connectivity index (χ3v) is 4.85. The Labute approximate surface area is 170 Å². The number of methoxy groups -OCH3 is 1. The predicted octanol–water partition coefficient (Wildman–Crippen LogP) is 4.07. The van der Waals surface area contributed by atoms with Crippen molar-refractivity contribution in [3.63, 3.8) is 0 Å². The van der Waals surface area contributed by atoms with Crippen LogP contribution in [0.1, 0.15) is 35.2 Å². The van der Waals surface area contributed by atoms with Gasteiger partial charge in [-0.3, -0.25) is 4.79 Å². The lowest BCUT2D eigenvalue weighted by Gasteiger charge is -2.16. The maximum atomic E-state index is 12.4. The van der Waals surface area contributed by atoms with Crippen LogP contribution in [0.25, 0.3) is 22.2 Å². The van der Waals surface area contributed by atoms with Crippen molar-refractivity contribution in [2.45, 2.75) is 25.7 Å². The van der Waals surface area contributed by atoms with E-state index in [1.165, 1.54) is 7.11 Å². The van der Waals surface area contributed by atoms with Crippen molar-refractivity contribution in [2.75, 3.05) is 13.7 Å². The van der Waals surface area contributed by atoms with Crippen molar-refractivity contribution in [3.8, 4) is 11.3 Å². The molecule has 0 spiro atoms. The zero-order chi connectivity index (χ0) is 20.6. The van der Waals surface area contributed by atoms with Crippen LogP contribution in [0.4, 0.5) is 4.79 Å². The molecule has 0 aliphatic carbocycles. The number of carbonyl (C=O) groups excluding carboxylic acids is 2. The van der Waals surface area contributed by atoms with E-state index in [0.717, 1.165) is 47.0 Å². The number of hydrogen-bond acceptors (Lipinski definition) is 4. The standard InChI is InChI=1S/C23H25N3O3/c1-29-23(28)25-15-9-3-6-13-18-20(22(24)27)17-12-7-8-14-19(17)26-21(18)16-10-4-2-5-11-16/h2,4-5,7-8,10-12,14H,3,6,9,13,15H2,1H3,(H2,24,27)(H,25,28). The van der Waals surface area contributed by atoms with E-state index in [9.17, 15) is 9.59 Å². The lowest BCUT2D eigenvalue weighted by Crippen LogP contribution is -2.23. The first-order valence-electron chi connectivity index (χ1n) is 9.70. The van der Waals surface area contributed by atoms with Crippen molar-refractivity contribution >= 4 is 22.9 Å². The lowest BCUT2D eigenvalue weighted by molar-refractivity contribution is 0.100. The van der Waals surface area contributed by atoms with E-state index in [1.54, 1.807) is 0 Å². The van der Waals surface area contributed by atoms with Crippen LogP contribution in [0.5, 0.6) is 0 Å². The molecule has 0 fully saturated rings. The fraction of sp³-hybridized carbons (Fsp3) is 0.261. The molecule has 3 N–H and O–H groups in total. The molecule has 0 aliphatic heterocycles. The summed E-state index contributed by atoms with van der Waals surface area (Å²) >= 11 is 0. The molecule has 0 saturated heterocycles. The number of amides is 2. The van der Waals surface area contributed by atoms with Crippen molar-refractivity contribution in [1.82, 2.24) is 10.3 Å². The number of nitrogens with one attached hydrogen (secondary N) is 1. The summed E-state index contributed by atoms with van der Waals surface area (Å²) in [6, 6.07) is 17.4. The number of nitrogens with two attached hydrogens (primary N) is 1. The molecule has 0 atom stereocenters. The maximum absolute atomic E-state index is 12.4. The molecule has 29 heavy (non-hydrogen) atoms. The highest BCUT2D eigenvalue weighted by molar-refractivity contribution is 6.08. The second-order valence-electron chi connectivity index (χ2n) is 6.79. The minimum absolute atomic E-state index is 0.425. The normalized spacial score (nSPS) is 10.7. The van der Waals surface area contributed by atoms with Crippen LogP contribution in [0.2, 0.25) is 0 Å². The first-order valence-corrected chi connectivity index (χ1v) is 9.70. The Morgan fingerprint density at radius 1 is 1.00 bits per heavy atom. The number of rotatable bonds is 8. The molecule has 0 bridgehead atoms. The van der Waals surface area contributed by atoms with Gasteiger partial charge in [-0.2, -0.15) is 0 Å². The summed E-state index contributed by atoms with van der Waals surface area (Å²) in [6.07, 6.45) is 2.82. The minimum atomic E-state index is -0.442. The molecule has 3 rings (SSSR count). The molecule has 0 radical (unpaired) electrons. The van der Waals surface area contributed by atoms with Crippen LogP contribution in [0.3, 0.4) is 0 Å². The molecule has 150 valence electrons. The van der Waals surface area contributed by atoms with Gasteiger partial charge >= 0.3 is 6.09 Å². The number of hydrogen-bond donors (Lipinski definition) is 2. The molecular weight excluding hydrogens is 366 g/mol. The van der Waals surface area contributed by atoms with Gasteiger partial charge in [-0.25, -0.2) is 9.78 Å². The smallest absolute Gasteiger partial charge is 0.406 e. The Morgan fingerprint density at radius 3 is 2.45 bits per heavy atom. The van der Waals surface area contributed by atoms with Gasteiger partial charge < -0.3 is 15.8 Å². The highest BCUT2D eigenvalue weighted by Crippen LogP contribution is 2.31. The highest BCUT2D eigenvalue weighted by Gasteiger charge is 2.19. The number of aromatic nitrogens is 1. The van der Waals surface area contributed by atoms with E-state index >= 15 is 0 Å². The third kappa shape index (κ3) is 4.90. The number of primary amides is 1. The largest absolute Gasteiger partial charge is 0.453 e. The SMILES string of the molecule is COC(=O)NCCCCCc1c(-c2ccccc2)nc2ccccc2c1C(N)=O. The van der Waals surface area contributed by atoms with E-state index < -0.39 is 12.0 Å². The van der Waals surface area contributed by atoms with E-state index in [4.69, 9.17) is 10.7 Å². The summed E-state index contributed by atoms with van der Waals surface area (Å²) in [6.45, 7) is 0.552. The number of fused-ring (bicyclic) bond motifs is 1. The van der Waals surface area contributed by atoms with E-state index in [0.29, 0.717) is 18.5 Å². The number of benzene rings is 2. The fourth-order valence-corrected chi connectivity index (χ4v) is 3.48. The highest BCUT2D eigenvalue weighted by atomic mass is 16.5. The molecule has 3 aromatic rings. The first-order chi connectivity index (χ1) is 14.1. The average molecular weight is 391 g/mol. The van der Waals surface area contributed by atoms with Crippen LogP contribution in [0, 0.1) is 0 Å². The molecule has 6 nitrogen and oxygen atoms in total. The minimum Gasteiger partial charge on any atom is -0.453 e. The van der Waals surface area contributed by atoms with Crippen molar-refractivity contribution in [2.24, 2.45) is 5.73 Å². The Morgan fingerprint density at radius 2 is 1.72 bits per heavy atom. The molecule has 2 amide bonds. The van der Waals surface area contributed by atoms with Crippen LogP contribution >= 0.6 is 0 Å². The lowest BCUT2D eigenvalue weighted by atomic mass is 9.92. The van der Waals surface area contributed by atoms with Gasteiger partial charge in [0.15, 0.2) is 0 Å². The molecule has 0 unspecified atom stereocenters. The molecule has 0 saturated carbocycles. The Balaban J connectivity index is 1.90. The summed E-state index contributed by atoms with van der Waals surface area (Å²) in [4.78, 5) is 28.4. The Hall–Kier alpha value is -3.41. The van der Waals surface area contributed by atoms with Gasteiger partial charge in [0, 0.05) is 17.5 Å². The van der Waals surface area contributed by atoms with Crippen LogP contribution in [0.15, 0.2) is 54.6 Å².